The molecule has 0 aromatic carbocycles. The molecule has 0 saturated heterocycles. The molecular weight excluding hydrogens is 238 g/mol. The minimum Gasteiger partial charge on any atom is -0.465 e. The SMILES string of the molecule is CCCCCN[C@@H](C)C(=O)OCCCCC.Cl. The van der Waals surface area contributed by atoms with Crippen molar-refractivity contribution in [3.63, 3.8) is 0 Å². The lowest BCUT2D eigenvalue weighted by Gasteiger charge is -2.12. The van der Waals surface area contributed by atoms with Gasteiger partial charge < -0.3 is 10.1 Å². The van der Waals surface area contributed by atoms with Crippen molar-refractivity contribution in [2.75, 3.05) is 13.2 Å². The van der Waals surface area contributed by atoms with Crippen LogP contribution < -0.4 is 5.32 Å². The minimum absolute atomic E-state index is 0. The van der Waals surface area contributed by atoms with E-state index in [1.165, 1.54) is 12.8 Å². The highest BCUT2D eigenvalue weighted by Crippen LogP contribution is 1.97. The van der Waals surface area contributed by atoms with Crippen LogP contribution in [0.25, 0.3) is 0 Å². The number of rotatable bonds is 10. The highest BCUT2D eigenvalue weighted by molar-refractivity contribution is 5.85. The Morgan fingerprint density at radius 3 is 2.29 bits per heavy atom. The average Bonchev–Trinajstić information content (AvgIpc) is 2.29. The van der Waals surface area contributed by atoms with E-state index in [0.717, 1.165) is 32.2 Å². The minimum atomic E-state index is -0.168. The zero-order valence-corrected chi connectivity index (χ0v) is 12.3. The summed E-state index contributed by atoms with van der Waals surface area (Å²) in [6.45, 7) is 7.64. The highest BCUT2D eigenvalue weighted by atomic mass is 35.5. The summed E-state index contributed by atoms with van der Waals surface area (Å²) in [4.78, 5) is 11.5. The van der Waals surface area contributed by atoms with Crippen molar-refractivity contribution in [3.05, 3.63) is 0 Å². The topological polar surface area (TPSA) is 38.3 Å². The zero-order valence-electron chi connectivity index (χ0n) is 11.5. The van der Waals surface area contributed by atoms with Crippen LogP contribution in [-0.4, -0.2) is 25.2 Å². The molecule has 0 spiro atoms. The van der Waals surface area contributed by atoms with E-state index in [2.05, 4.69) is 19.2 Å². The number of unbranched alkanes of at least 4 members (excludes halogenated alkanes) is 4. The Morgan fingerprint density at radius 1 is 1.12 bits per heavy atom. The van der Waals surface area contributed by atoms with E-state index < -0.39 is 0 Å². The number of ether oxygens (including phenoxy) is 1. The molecule has 0 fully saturated rings. The summed E-state index contributed by atoms with van der Waals surface area (Å²) in [6, 6.07) is -0.168. The van der Waals surface area contributed by atoms with Gasteiger partial charge in [0.1, 0.15) is 6.04 Å². The Balaban J connectivity index is 0. The van der Waals surface area contributed by atoms with E-state index in [0.29, 0.717) is 6.61 Å². The quantitative estimate of drug-likeness (QED) is 0.487. The van der Waals surface area contributed by atoms with E-state index >= 15 is 0 Å². The largest absolute Gasteiger partial charge is 0.465 e. The molecule has 0 saturated carbocycles. The van der Waals surface area contributed by atoms with Crippen LogP contribution in [0.15, 0.2) is 0 Å². The van der Waals surface area contributed by atoms with Gasteiger partial charge in [-0.3, -0.25) is 4.79 Å². The Kier molecular flexibility index (Phi) is 15.5. The first-order chi connectivity index (χ1) is 7.72. The summed E-state index contributed by atoms with van der Waals surface area (Å²) in [5.41, 5.74) is 0. The molecule has 0 aliphatic heterocycles. The maximum atomic E-state index is 11.5. The summed E-state index contributed by atoms with van der Waals surface area (Å²) >= 11 is 0. The van der Waals surface area contributed by atoms with Gasteiger partial charge in [0.15, 0.2) is 0 Å². The second kappa shape index (κ2) is 13.8. The summed E-state index contributed by atoms with van der Waals surface area (Å²) in [7, 11) is 0. The summed E-state index contributed by atoms with van der Waals surface area (Å²) in [5, 5.41) is 3.18. The molecule has 0 bridgehead atoms. The zero-order chi connectivity index (χ0) is 12.2. The van der Waals surface area contributed by atoms with E-state index in [-0.39, 0.29) is 24.4 Å². The first kappa shape index (κ1) is 19.1. The number of nitrogens with one attached hydrogen (secondary N) is 1. The number of esters is 1. The van der Waals surface area contributed by atoms with E-state index in [1.807, 2.05) is 6.92 Å². The highest BCUT2D eigenvalue weighted by Gasteiger charge is 2.12. The molecule has 0 heterocycles. The van der Waals surface area contributed by atoms with Gasteiger partial charge in [-0.2, -0.15) is 0 Å². The Labute approximate surface area is 112 Å². The van der Waals surface area contributed by atoms with Crippen molar-refractivity contribution in [1.29, 1.82) is 0 Å². The summed E-state index contributed by atoms with van der Waals surface area (Å²) in [6.07, 6.45) is 6.81. The lowest BCUT2D eigenvalue weighted by molar-refractivity contribution is -0.145. The van der Waals surface area contributed by atoms with Crippen LogP contribution in [0.2, 0.25) is 0 Å². The van der Waals surface area contributed by atoms with Gasteiger partial charge in [0.25, 0.3) is 0 Å². The fourth-order valence-corrected chi connectivity index (χ4v) is 1.43. The molecule has 1 atom stereocenters. The van der Waals surface area contributed by atoms with Gasteiger partial charge in [-0.05, 0) is 26.3 Å². The summed E-state index contributed by atoms with van der Waals surface area (Å²) < 4.78 is 5.16. The first-order valence-corrected chi connectivity index (χ1v) is 6.62. The average molecular weight is 266 g/mol. The lowest BCUT2D eigenvalue weighted by atomic mass is 10.2. The van der Waals surface area contributed by atoms with Crippen molar-refractivity contribution in [3.8, 4) is 0 Å². The van der Waals surface area contributed by atoms with Gasteiger partial charge in [0.2, 0.25) is 0 Å². The number of hydrogen-bond acceptors (Lipinski definition) is 3. The molecule has 0 aliphatic rings. The normalized spacial score (nSPS) is 11.7. The summed E-state index contributed by atoms with van der Waals surface area (Å²) in [5.74, 6) is -0.118. The predicted octanol–water partition coefficient (Wildman–Crippen LogP) is 3.31. The molecular formula is C13H28ClNO2. The third-order valence-corrected chi connectivity index (χ3v) is 2.58. The van der Waals surface area contributed by atoms with Crippen LogP contribution in [-0.2, 0) is 9.53 Å². The fraction of sp³-hybridized carbons (Fsp3) is 0.923. The van der Waals surface area contributed by atoms with Crippen molar-refractivity contribution in [1.82, 2.24) is 5.32 Å². The first-order valence-electron chi connectivity index (χ1n) is 6.62. The Morgan fingerprint density at radius 2 is 1.71 bits per heavy atom. The van der Waals surface area contributed by atoms with Gasteiger partial charge in [-0.15, -0.1) is 12.4 Å². The molecule has 0 unspecified atom stereocenters. The molecule has 0 aromatic heterocycles. The van der Waals surface area contributed by atoms with Gasteiger partial charge in [0.05, 0.1) is 6.61 Å². The van der Waals surface area contributed by atoms with Crippen molar-refractivity contribution in [2.45, 2.75) is 65.3 Å². The maximum absolute atomic E-state index is 11.5. The molecule has 104 valence electrons. The maximum Gasteiger partial charge on any atom is 0.322 e. The molecule has 0 amide bonds. The van der Waals surface area contributed by atoms with Crippen LogP contribution in [0.1, 0.15) is 59.3 Å². The molecule has 0 aliphatic carbocycles. The van der Waals surface area contributed by atoms with Gasteiger partial charge in [-0.1, -0.05) is 39.5 Å². The van der Waals surface area contributed by atoms with Crippen molar-refractivity contribution in [2.24, 2.45) is 0 Å². The van der Waals surface area contributed by atoms with Crippen LogP contribution in [0.3, 0.4) is 0 Å². The van der Waals surface area contributed by atoms with Gasteiger partial charge in [0, 0.05) is 0 Å². The van der Waals surface area contributed by atoms with Crippen LogP contribution in [0, 0.1) is 0 Å². The van der Waals surface area contributed by atoms with E-state index in [4.69, 9.17) is 4.74 Å². The Hall–Kier alpha value is -0.280. The third kappa shape index (κ3) is 12.0. The molecule has 0 radical (unpaired) electrons. The van der Waals surface area contributed by atoms with Gasteiger partial charge in [-0.25, -0.2) is 0 Å². The van der Waals surface area contributed by atoms with Crippen molar-refractivity contribution >= 4 is 18.4 Å². The molecule has 0 rings (SSSR count). The van der Waals surface area contributed by atoms with Crippen LogP contribution in [0.4, 0.5) is 0 Å². The van der Waals surface area contributed by atoms with Crippen LogP contribution >= 0.6 is 12.4 Å². The van der Waals surface area contributed by atoms with Crippen molar-refractivity contribution < 1.29 is 9.53 Å². The van der Waals surface area contributed by atoms with E-state index in [9.17, 15) is 4.79 Å². The number of carbonyl (C=O) groups excluding carboxylic acids is 1. The molecule has 1 N–H and O–H groups in total. The monoisotopic (exact) mass is 265 g/mol. The fourth-order valence-electron chi connectivity index (χ4n) is 1.43. The third-order valence-electron chi connectivity index (χ3n) is 2.58. The van der Waals surface area contributed by atoms with E-state index in [1.54, 1.807) is 0 Å². The number of hydrogen-bond donors (Lipinski definition) is 1. The Bertz CT molecular complexity index is 177. The standard InChI is InChI=1S/C13H27NO2.ClH/c1-4-6-8-10-14-12(3)13(15)16-11-9-7-5-2;/h12,14H,4-11H2,1-3H3;1H/t12-;/m0./s1. The molecule has 3 nitrogen and oxygen atoms in total. The predicted molar refractivity (Wildman–Crippen MR) is 74.7 cm³/mol. The number of carbonyl (C=O) groups is 1. The lowest BCUT2D eigenvalue weighted by Crippen LogP contribution is -2.36. The molecule has 4 heteroatoms. The second-order valence-corrected chi connectivity index (χ2v) is 4.26. The second-order valence-electron chi connectivity index (χ2n) is 4.26. The molecule has 17 heavy (non-hydrogen) atoms. The number of halogens is 1. The smallest absolute Gasteiger partial charge is 0.322 e. The van der Waals surface area contributed by atoms with Crippen LogP contribution in [0.5, 0.6) is 0 Å². The van der Waals surface area contributed by atoms with Gasteiger partial charge >= 0.3 is 5.97 Å². The molecule has 0 aromatic rings.